The molecule has 3 rings (SSSR count). The van der Waals surface area contributed by atoms with Gasteiger partial charge in [0.05, 0.1) is 11.9 Å². The van der Waals surface area contributed by atoms with E-state index in [1.165, 1.54) is 10.6 Å². The Morgan fingerprint density at radius 3 is 1.72 bits per heavy atom. The molecule has 0 aliphatic heterocycles. The highest BCUT2D eigenvalue weighted by Crippen LogP contribution is 2.43. The maximum Gasteiger partial charge on any atom is 0.118 e. The molecule has 0 radical (unpaired) electrons. The zero-order valence-electron chi connectivity index (χ0n) is 17.4. The molecule has 5 heteroatoms. The van der Waals surface area contributed by atoms with Gasteiger partial charge in [-0.05, 0) is 49.1 Å². The van der Waals surface area contributed by atoms with Gasteiger partial charge in [-0.1, -0.05) is 72.8 Å². The summed E-state index contributed by atoms with van der Waals surface area (Å²) in [6.07, 6.45) is 0. The third-order valence-corrected chi connectivity index (χ3v) is 9.07. The lowest BCUT2D eigenvalue weighted by Gasteiger charge is -2.35. The summed E-state index contributed by atoms with van der Waals surface area (Å²) in [6.45, 7) is 6.71. The maximum absolute atomic E-state index is 13.7. The molecule has 0 aliphatic rings. The zero-order chi connectivity index (χ0) is 20.9. The number of rotatable bonds is 7. The van der Waals surface area contributed by atoms with Crippen molar-refractivity contribution in [3.63, 3.8) is 0 Å². The van der Waals surface area contributed by atoms with Crippen molar-refractivity contribution in [2.24, 2.45) is 0 Å². The Morgan fingerprint density at radius 1 is 0.828 bits per heavy atom. The first-order valence-electron chi connectivity index (χ1n) is 9.63. The molecule has 1 unspecified atom stereocenters. The van der Waals surface area contributed by atoms with Crippen LogP contribution in [0.4, 0.5) is 0 Å². The van der Waals surface area contributed by atoms with Crippen LogP contribution in [0.2, 0.25) is 0 Å². The molecule has 0 amide bonds. The zero-order valence-corrected chi connectivity index (χ0v) is 19.1. The molecular weight excluding hydrogens is 397 g/mol. The third-order valence-electron chi connectivity index (χ3n) is 4.42. The lowest BCUT2D eigenvalue weighted by Crippen LogP contribution is -2.38. The monoisotopic (exact) mass is 425 g/mol. The fourth-order valence-electron chi connectivity index (χ4n) is 2.95. The second-order valence-electron chi connectivity index (χ2n) is 7.70. The Morgan fingerprint density at radius 2 is 1.31 bits per heavy atom. The van der Waals surface area contributed by atoms with Crippen LogP contribution in [0.3, 0.4) is 0 Å². The first kappa shape index (κ1) is 21.7. The molecule has 3 aromatic carbocycles. The van der Waals surface area contributed by atoms with E-state index in [0.717, 1.165) is 11.3 Å². The summed E-state index contributed by atoms with van der Waals surface area (Å²) in [7, 11) is -0.467. The Hall–Kier alpha value is -2.00. The predicted molar refractivity (Wildman–Crippen MR) is 126 cm³/mol. The Kier molecular flexibility index (Phi) is 7.23. The summed E-state index contributed by atoms with van der Waals surface area (Å²) in [4.78, 5) is 0. The lowest BCUT2D eigenvalue weighted by atomic mass is 10.2. The number of nitrogens with zero attached hydrogens (tertiary/aromatic N) is 1. The molecule has 0 spiro atoms. The van der Waals surface area contributed by atoms with Crippen LogP contribution in [0.25, 0.3) is 0 Å². The lowest BCUT2D eigenvalue weighted by molar-refractivity contribution is 0.414. The SMILES string of the molecule is COc1ccc(CN(P(c2ccccc2)c2ccccc2)S(=O)C(C)(C)C)cc1. The van der Waals surface area contributed by atoms with Crippen molar-refractivity contribution in [1.29, 1.82) is 0 Å². The minimum atomic E-state index is -1.18. The molecule has 0 N–H and O–H groups in total. The summed E-state index contributed by atoms with van der Waals surface area (Å²) >= 11 is 0. The molecule has 29 heavy (non-hydrogen) atoms. The fraction of sp³-hybridized carbons (Fsp3) is 0.250. The molecule has 0 aliphatic carbocycles. The van der Waals surface area contributed by atoms with E-state index < -0.39 is 19.1 Å². The standard InChI is InChI=1S/C24H28NO2PS/c1-24(2,3)29(26)25(19-20-15-17-21(27-4)18-16-20)28(22-11-7-5-8-12-22)23-13-9-6-10-14-23/h5-18H,19H2,1-4H3. The highest BCUT2D eigenvalue weighted by atomic mass is 32.2. The van der Waals surface area contributed by atoms with Crippen LogP contribution in [0.15, 0.2) is 84.9 Å². The topological polar surface area (TPSA) is 29.5 Å². The summed E-state index contributed by atoms with van der Waals surface area (Å²) < 4.78 is 20.8. The second kappa shape index (κ2) is 9.67. The van der Waals surface area contributed by atoms with E-state index >= 15 is 0 Å². The number of hydrogen-bond donors (Lipinski definition) is 0. The number of ether oxygens (including phenoxy) is 1. The molecule has 1 atom stereocenters. The van der Waals surface area contributed by atoms with Crippen molar-refractivity contribution in [3.8, 4) is 5.75 Å². The molecule has 0 saturated carbocycles. The smallest absolute Gasteiger partial charge is 0.118 e. The van der Waals surface area contributed by atoms with E-state index in [1.54, 1.807) is 7.11 Å². The largest absolute Gasteiger partial charge is 0.497 e. The van der Waals surface area contributed by atoms with Gasteiger partial charge < -0.3 is 4.74 Å². The average Bonchev–Trinajstić information content (AvgIpc) is 2.74. The molecule has 3 nitrogen and oxygen atoms in total. The van der Waals surface area contributed by atoms with Gasteiger partial charge in [0, 0.05) is 14.6 Å². The molecule has 0 aromatic heterocycles. The molecule has 152 valence electrons. The summed E-state index contributed by atoms with van der Waals surface area (Å²) in [5, 5.41) is 2.39. The Labute approximate surface area is 178 Å². The molecule has 0 fully saturated rings. The van der Waals surface area contributed by atoms with E-state index in [-0.39, 0.29) is 4.75 Å². The van der Waals surface area contributed by atoms with Gasteiger partial charge in [0.25, 0.3) is 0 Å². The van der Waals surface area contributed by atoms with Crippen molar-refractivity contribution in [3.05, 3.63) is 90.5 Å². The molecule has 0 heterocycles. The van der Waals surface area contributed by atoms with Gasteiger partial charge in [0.2, 0.25) is 0 Å². The normalized spacial score (nSPS) is 12.9. The van der Waals surface area contributed by atoms with Crippen LogP contribution in [0.1, 0.15) is 26.3 Å². The fourth-order valence-corrected chi connectivity index (χ4v) is 7.77. The number of methoxy groups -OCH3 is 1. The van der Waals surface area contributed by atoms with Crippen LogP contribution in [-0.4, -0.2) is 20.1 Å². The van der Waals surface area contributed by atoms with Crippen LogP contribution in [0, 0.1) is 0 Å². The third kappa shape index (κ3) is 5.54. The molecular formula is C24H28NO2PS. The van der Waals surface area contributed by atoms with Crippen molar-refractivity contribution >= 4 is 29.7 Å². The Bertz CT molecular complexity index is 885. The van der Waals surface area contributed by atoms with Gasteiger partial charge in [-0.25, -0.2) is 4.21 Å². The van der Waals surface area contributed by atoms with Gasteiger partial charge in [-0.3, -0.25) is 0 Å². The first-order valence-corrected chi connectivity index (χ1v) is 12.0. The first-order chi connectivity index (χ1) is 13.9. The highest BCUT2D eigenvalue weighted by molar-refractivity contribution is 7.93. The summed E-state index contributed by atoms with van der Waals surface area (Å²) in [6, 6.07) is 28.8. The Balaban J connectivity index is 2.08. The van der Waals surface area contributed by atoms with Gasteiger partial charge in [-0.15, -0.1) is 0 Å². The highest BCUT2D eigenvalue weighted by Gasteiger charge is 2.33. The van der Waals surface area contributed by atoms with E-state index in [9.17, 15) is 4.21 Å². The molecule has 3 aromatic rings. The van der Waals surface area contributed by atoms with Gasteiger partial charge in [0.1, 0.15) is 16.7 Å². The van der Waals surface area contributed by atoms with Crippen molar-refractivity contribution in [2.75, 3.05) is 7.11 Å². The number of benzene rings is 3. The minimum Gasteiger partial charge on any atom is -0.497 e. The van der Waals surface area contributed by atoms with Crippen molar-refractivity contribution in [1.82, 2.24) is 4.08 Å². The van der Waals surface area contributed by atoms with E-state index in [2.05, 4.69) is 64.7 Å². The van der Waals surface area contributed by atoms with Crippen LogP contribution < -0.4 is 15.3 Å². The minimum absolute atomic E-state index is 0.364. The van der Waals surface area contributed by atoms with Crippen LogP contribution in [-0.2, 0) is 17.5 Å². The van der Waals surface area contributed by atoms with Crippen LogP contribution >= 0.6 is 8.07 Å². The predicted octanol–water partition coefficient (Wildman–Crippen LogP) is 5.01. The van der Waals surface area contributed by atoms with Crippen molar-refractivity contribution in [2.45, 2.75) is 32.1 Å². The van der Waals surface area contributed by atoms with Crippen molar-refractivity contribution < 1.29 is 8.95 Å². The van der Waals surface area contributed by atoms with Gasteiger partial charge >= 0.3 is 0 Å². The van der Waals surface area contributed by atoms with E-state index in [4.69, 9.17) is 4.74 Å². The molecule has 0 saturated heterocycles. The maximum atomic E-state index is 13.7. The summed E-state index contributed by atoms with van der Waals surface area (Å²) in [5.74, 6) is 0.825. The number of hydrogen-bond acceptors (Lipinski definition) is 2. The average molecular weight is 426 g/mol. The van der Waals surface area contributed by atoms with Crippen LogP contribution in [0.5, 0.6) is 5.75 Å². The van der Waals surface area contributed by atoms with E-state index in [1.807, 2.05) is 45.0 Å². The van der Waals surface area contributed by atoms with E-state index in [0.29, 0.717) is 6.54 Å². The quantitative estimate of drug-likeness (QED) is 0.498. The van der Waals surface area contributed by atoms with Gasteiger partial charge in [-0.2, -0.15) is 4.08 Å². The summed E-state index contributed by atoms with van der Waals surface area (Å²) in [5.41, 5.74) is 1.11. The van der Waals surface area contributed by atoms with Gasteiger partial charge in [0.15, 0.2) is 0 Å². The molecule has 0 bridgehead atoms. The second-order valence-corrected chi connectivity index (χ2v) is 12.3.